The molecule has 0 unspecified atom stereocenters. The van der Waals surface area contributed by atoms with Gasteiger partial charge in [-0.1, -0.05) is 18.2 Å². The van der Waals surface area contributed by atoms with Crippen LogP contribution >= 0.6 is 0 Å². The van der Waals surface area contributed by atoms with Gasteiger partial charge in [0.05, 0.1) is 18.2 Å². The van der Waals surface area contributed by atoms with E-state index in [4.69, 9.17) is 0 Å². The van der Waals surface area contributed by atoms with Gasteiger partial charge in [0.25, 0.3) is 0 Å². The molecule has 0 saturated heterocycles. The van der Waals surface area contributed by atoms with Crippen molar-refractivity contribution in [2.24, 2.45) is 0 Å². The van der Waals surface area contributed by atoms with Crippen LogP contribution in [-0.4, -0.2) is 26.1 Å². The van der Waals surface area contributed by atoms with Crippen LogP contribution in [0, 0.1) is 0 Å². The maximum Gasteiger partial charge on any atom is 0.228 e. The molecule has 120 valence electrons. The fourth-order valence-electron chi connectivity index (χ4n) is 2.85. The molecule has 1 aliphatic rings. The van der Waals surface area contributed by atoms with Gasteiger partial charge in [-0.2, -0.15) is 4.68 Å². The molecule has 1 atom stereocenters. The van der Waals surface area contributed by atoms with Crippen LogP contribution in [0.1, 0.15) is 24.4 Å². The average molecular weight is 320 g/mol. The Bertz CT molecular complexity index is 889. The van der Waals surface area contributed by atoms with E-state index in [1.54, 1.807) is 4.68 Å². The number of aromatic nitrogens is 4. The van der Waals surface area contributed by atoms with E-state index < -0.39 is 0 Å². The number of fused-ring (bicyclic) bond motifs is 1. The Labute approximate surface area is 138 Å². The molecule has 1 aliphatic heterocycles. The lowest BCUT2D eigenvalue weighted by molar-refractivity contribution is -0.115. The molecule has 4 rings (SSSR count). The van der Waals surface area contributed by atoms with Crippen molar-refractivity contribution >= 4 is 17.3 Å². The third kappa shape index (κ3) is 2.60. The Balaban J connectivity index is 1.58. The van der Waals surface area contributed by atoms with Gasteiger partial charge in [-0.15, -0.1) is 5.10 Å². The molecule has 0 fully saturated rings. The Morgan fingerprint density at radius 1 is 1.21 bits per heavy atom. The third-order valence-corrected chi connectivity index (χ3v) is 4.00. The molecule has 7 nitrogen and oxygen atoms in total. The number of tetrazole rings is 1. The van der Waals surface area contributed by atoms with Crippen molar-refractivity contribution < 1.29 is 4.79 Å². The molecule has 0 radical (unpaired) electrons. The van der Waals surface area contributed by atoms with E-state index >= 15 is 0 Å². The fourth-order valence-corrected chi connectivity index (χ4v) is 2.85. The predicted octanol–water partition coefficient (Wildman–Crippen LogP) is 2.33. The molecule has 2 aromatic carbocycles. The van der Waals surface area contributed by atoms with E-state index in [0.29, 0.717) is 6.42 Å². The van der Waals surface area contributed by atoms with Gasteiger partial charge in [0.1, 0.15) is 0 Å². The lowest BCUT2D eigenvalue weighted by Gasteiger charge is -2.15. The Morgan fingerprint density at radius 2 is 2.04 bits per heavy atom. The largest absolute Gasteiger partial charge is 0.375 e. The summed E-state index contributed by atoms with van der Waals surface area (Å²) in [5, 5.41) is 18.3. The number of hydrogen-bond acceptors (Lipinski definition) is 5. The minimum Gasteiger partial charge on any atom is -0.375 e. The summed E-state index contributed by atoms with van der Waals surface area (Å²) in [4.78, 5) is 11.5. The van der Waals surface area contributed by atoms with Crippen LogP contribution in [0.25, 0.3) is 5.69 Å². The minimum atomic E-state index is -0.0941. The lowest BCUT2D eigenvalue weighted by atomic mass is 10.1. The maximum atomic E-state index is 11.5. The van der Waals surface area contributed by atoms with E-state index in [-0.39, 0.29) is 11.9 Å². The van der Waals surface area contributed by atoms with E-state index in [9.17, 15) is 4.79 Å². The molecule has 0 bridgehead atoms. The molecule has 2 heterocycles. The van der Waals surface area contributed by atoms with Crippen LogP contribution in [0.4, 0.5) is 11.4 Å². The SMILES string of the molecule is C[C@H](Nc1ccc2c(c1)CC(=O)N2)c1nnnn1-c1ccccc1. The van der Waals surface area contributed by atoms with Crippen molar-refractivity contribution in [3.8, 4) is 5.69 Å². The van der Waals surface area contributed by atoms with Crippen molar-refractivity contribution in [2.75, 3.05) is 10.6 Å². The summed E-state index contributed by atoms with van der Waals surface area (Å²) < 4.78 is 1.72. The number of nitrogens with one attached hydrogen (secondary N) is 2. The number of amides is 1. The first-order valence-electron chi connectivity index (χ1n) is 7.74. The number of para-hydroxylation sites is 1. The smallest absolute Gasteiger partial charge is 0.228 e. The summed E-state index contributed by atoms with van der Waals surface area (Å²) in [6.07, 6.45) is 0.418. The zero-order valence-electron chi connectivity index (χ0n) is 13.1. The van der Waals surface area contributed by atoms with E-state index in [1.807, 2.05) is 55.5 Å². The van der Waals surface area contributed by atoms with Crippen LogP contribution in [0.3, 0.4) is 0 Å². The van der Waals surface area contributed by atoms with Gasteiger partial charge in [0.2, 0.25) is 5.91 Å². The summed E-state index contributed by atoms with van der Waals surface area (Å²) in [5.74, 6) is 0.749. The summed E-state index contributed by atoms with van der Waals surface area (Å²) in [7, 11) is 0. The highest BCUT2D eigenvalue weighted by Crippen LogP contribution is 2.28. The van der Waals surface area contributed by atoms with Gasteiger partial charge in [0.15, 0.2) is 5.82 Å². The van der Waals surface area contributed by atoms with E-state index in [1.165, 1.54) is 0 Å². The summed E-state index contributed by atoms with van der Waals surface area (Å²) in [5.41, 5.74) is 3.72. The van der Waals surface area contributed by atoms with Crippen molar-refractivity contribution in [3.05, 3.63) is 59.9 Å². The molecule has 0 aliphatic carbocycles. The maximum absolute atomic E-state index is 11.5. The highest BCUT2D eigenvalue weighted by molar-refractivity contribution is 5.99. The van der Waals surface area contributed by atoms with Crippen LogP contribution < -0.4 is 10.6 Å². The highest BCUT2D eigenvalue weighted by Gasteiger charge is 2.19. The number of anilines is 2. The van der Waals surface area contributed by atoms with Gasteiger partial charge in [-0.3, -0.25) is 4.79 Å². The number of hydrogen-bond donors (Lipinski definition) is 2. The van der Waals surface area contributed by atoms with Crippen molar-refractivity contribution in [1.29, 1.82) is 0 Å². The van der Waals surface area contributed by atoms with Gasteiger partial charge in [-0.25, -0.2) is 0 Å². The minimum absolute atomic E-state index is 0.0308. The van der Waals surface area contributed by atoms with Gasteiger partial charge in [0, 0.05) is 11.4 Å². The second-order valence-corrected chi connectivity index (χ2v) is 5.75. The molecule has 1 amide bonds. The highest BCUT2D eigenvalue weighted by atomic mass is 16.1. The fraction of sp³-hybridized carbons (Fsp3) is 0.176. The second kappa shape index (κ2) is 5.77. The van der Waals surface area contributed by atoms with E-state index in [2.05, 4.69) is 26.2 Å². The van der Waals surface area contributed by atoms with Crippen LogP contribution in [0.2, 0.25) is 0 Å². The predicted molar refractivity (Wildman–Crippen MR) is 90.0 cm³/mol. The molecular weight excluding hydrogens is 304 g/mol. The second-order valence-electron chi connectivity index (χ2n) is 5.75. The Hall–Kier alpha value is -3.22. The first kappa shape index (κ1) is 14.4. The molecule has 1 aromatic heterocycles. The summed E-state index contributed by atoms with van der Waals surface area (Å²) >= 11 is 0. The van der Waals surface area contributed by atoms with Gasteiger partial charge in [-0.05, 0) is 53.2 Å². The molecule has 0 spiro atoms. The van der Waals surface area contributed by atoms with Crippen LogP contribution in [0.5, 0.6) is 0 Å². The molecule has 7 heteroatoms. The van der Waals surface area contributed by atoms with E-state index in [0.717, 1.165) is 28.5 Å². The first-order chi connectivity index (χ1) is 11.7. The number of carbonyl (C=O) groups excluding carboxylic acids is 1. The quantitative estimate of drug-likeness (QED) is 0.771. The molecule has 24 heavy (non-hydrogen) atoms. The number of nitrogens with zero attached hydrogens (tertiary/aromatic N) is 4. The topological polar surface area (TPSA) is 84.7 Å². The van der Waals surface area contributed by atoms with Crippen molar-refractivity contribution in [1.82, 2.24) is 20.2 Å². The molecular formula is C17H16N6O. The van der Waals surface area contributed by atoms with Gasteiger partial charge < -0.3 is 10.6 Å². The molecule has 0 saturated carbocycles. The normalized spacial score (nSPS) is 14.1. The summed E-state index contributed by atoms with van der Waals surface area (Å²) in [6.45, 7) is 2.00. The van der Waals surface area contributed by atoms with Crippen LogP contribution in [0.15, 0.2) is 48.5 Å². The van der Waals surface area contributed by atoms with Crippen molar-refractivity contribution in [3.63, 3.8) is 0 Å². The Morgan fingerprint density at radius 3 is 2.88 bits per heavy atom. The van der Waals surface area contributed by atoms with Crippen molar-refractivity contribution in [2.45, 2.75) is 19.4 Å². The first-order valence-corrected chi connectivity index (χ1v) is 7.74. The van der Waals surface area contributed by atoms with Gasteiger partial charge >= 0.3 is 0 Å². The molecule has 3 aromatic rings. The summed E-state index contributed by atoms with van der Waals surface area (Å²) in [6, 6.07) is 15.5. The standard InChI is InChI=1S/C17H16N6O/c1-11(17-20-21-22-23(17)14-5-3-2-4-6-14)18-13-7-8-15-12(9-13)10-16(24)19-15/h2-9,11,18H,10H2,1H3,(H,19,24)/t11-/m0/s1. The Kier molecular flexibility index (Phi) is 3.45. The zero-order chi connectivity index (χ0) is 16.5. The molecule has 2 N–H and O–H groups in total. The van der Waals surface area contributed by atoms with Crippen LogP contribution in [-0.2, 0) is 11.2 Å². The number of benzene rings is 2. The number of rotatable bonds is 4. The zero-order valence-corrected chi connectivity index (χ0v) is 13.1. The number of carbonyl (C=O) groups is 1. The average Bonchev–Trinajstić information content (AvgIpc) is 3.21. The third-order valence-electron chi connectivity index (χ3n) is 4.00. The monoisotopic (exact) mass is 320 g/mol. The lowest BCUT2D eigenvalue weighted by Crippen LogP contribution is -2.13.